The summed E-state index contributed by atoms with van der Waals surface area (Å²) in [7, 11) is 1.73. The molecule has 0 N–H and O–H groups in total. The van der Waals surface area contributed by atoms with E-state index in [9.17, 15) is 4.79 Å². The van der Waals surface area contributed by atoms with Crippen LogP contribution in [-0.2, 0) is 9.53 Å². The topological polar surface area (TPSA) is 42.0 Å². The number of hydrogen-bond donors (Lipinski definition) is 0. The Hall–Kier alpha value is -2.01. The molecule has 31 heavy (non-hydrogen) atoms. The van der Waals surface area contributed by atoms with Gasteiger partial charge in [0.05, 0.1) is 18.7 Å². The van der Waals surface area contributed by atoms with Crippen molar-refractivity contribution < 1.29 is 14.3 Å². The summed E-state index contributed by atoms with van der Waals surface area (Å²) in [4.78, 5) is 17.7. The lowest BCUT2D eigenvalue weighted by Gasteiger charge is -2.46. The van der Waals surface area contributed by atoms with Gasteiger partial charge < -0.3 is 14.4 Å². The van der Waals surface area contributed by atoms with Gasteiger partial charge in [0.15, 0.2) is 0 Å². The van der Waals surface area contributed by atoms with Crippen molar-refractivity contribution in [3.63, 3.8) is 0 Å². The number of rotatable bonds is 4. The zero-order valence-corrected chi connectivity index (χ0v) is 19.2. The van der Waals surface area contributed by atoms with Crippen LogP contribution in [0.2, 0.25) is 0 Å². The highest BCUT2D eigenvalue weighted by Crippen LogP contribution is 2.55. The van der Waals surface area contributed by atoms with Gasteiger partial charge in [-0.1, -0.05) is 30.2 Å². The van der Waals surface area contributed by atoms with E-state index in [0.717, 1.165) is 57.0 Å². The Morgan fingerprint density at radius 3 is 2.74 bits per heavy atom. The van der Waals surface area contributed by atoms with Gasteiger partial charge in [-0.05, 0) is 56.6 Å². The highest BCUT2D eigenvalue weighted by Gasteiger charge is 2.53. The Kier molecular flexibility index (Phi) is 5.49. The molecule has 2 heterocycles. The van der Waals surface area contributed by atoms with E-state index in [4.69, 9.17) is 9.47 Å². The van der Waals surface area contributed by atoms with Crippen LogP contribution in [0.3, 0.4) is 0 Å². The van der Waals surface area contributed by atoms with Gasteiger partial charge in [-0.25, -0.2) is 0 Å². The predicted molar refractivity (Wildman–Crippen MR) is 122 cm³/mol. The SMILES string of the molecule is COc1ccccc1N1CCN(C[C@H]2C(=O)O[C@@H]3C[C@@]4(C)CCCC(C)=C4C[C@@H]32)CC1. The molecule has 5 nitrogen and oxygen atoms in total. The molecule has 0 bridgehead atoms. The third-order valence-corrected chi connectivity index (χ3v) is 8.43. The van der Waals surface area contributed by atoms with E-state index >= 15 is 0 Å². The monoisotopic (exact) mass is 424 g/mol. The van der Waals surface area contributed by atoms with Crippen molar-refractivity contribution in [3.05, 3.63) is 35.4 Å². The molecule has 4 atom stereocenters. The number of carbonyl (C=O) groups is 1. The molecular weight excluding hydrogens is 388 g/mol. The lowest BCUT2D eigenvalue weighted by Crippen LogP contribution is -2.49. The number of benzene rings is 1. The number of methoxy groups -OCH3 is 1. The number of ether oxygens (including phenoxy) is 2. The molecule has 1 aromatic carbocycles. The van der Waals surface area contributed by atoms with Crippen molar-refractivity contribution in [3.8, 4) is 5.75 Å². The third kappa shape index (κ3) is 3.75. The molecule has 2 aliphatic carbocycles. The van der Waals surface area contributed by atoms with Crippen molar-refractivity contribution in [1.29, 1.82) is 0 Å². The normalized spacial score (nSPS) is 33.7. The summed E-state index contributed by atoms with van der Waals surface area (Å²) in [6, 6.07) is 8.23. The van der Waals surface area contributed by atoms with Crippen LogP contribution in [0, 0.1) is 17.3 Å². The fourth-order valence-corrected chi connectivity index (χ4v) is 6.66. The molecule has 1 saturated carbocycles. The van der Waals surface area contributed by atoms with E-state index < -0.39 is 0 Å². The van der Waals surface area contributed by atoms with Crippen molar-refractivity contribution in [2.45, 2.75) is 52.1 Å². The van der Waals surface area contributed by atoms with Gasteiger partial charge in [0.1, 0.15) is 11.9 Å². The summed E-state index contributed by atoms with van der Waals surface area (Å²) < 4.78 is 11.5. The predicted octanol–water partition coefficient (Wildman–Crippen LogP) is 4.28. The number of carbonyl (C=O) groups excluding carboxylic acids is 1. The quantitative estimate of drug-likeness (QED) is 0.533. The zero-order chi connectivity index (χ0) is 21.6. The Morgan fingerprint density at radius 1 is 1.19 bits per heavy atom. The fourth-order valence-electron chi connectivity index (χ4n) is 6.66. The molecule has 5 heteroatoms. The van der Waals surface area contributed by atoms with Crippen LogP contribution in [0.15, 0.2) is 35.4 Å². The molecule has 3 fully saturated rings. The minimum Gasteiger partial charge on any atom is -0.495 e. The van der Waals surface area contributed by atoms with Gasteiger partial charge in [-0.3, -0.25) is 9.69 Å². The van der Waals surface area contributed by atoms with Crippen LogP contribution in [0.5, 0.6) is 5.75 Å². The maximum Gasteiger partial charge on any atom is 0.310 e. The van der Waals surface area contributed by atoms with Crippen LogP contribution >= 0.6 is 0 Å². The van der Waals surface area contributed by atoms with Crippen LogP contribution in [0.25, 0.3) is 0 Å². The van der Waals surface area contributed by atoms with Gasteiger partial charge in [0.2, 0.25) is 0 Å². The highest BCUT2D eigenvalue weighted by molar-refractivity contribution is 5.76. The molecule has 0 aromatic heterocycles. The van der Waals surface area contributed by atoms with Crippen molar-refractivity contribution >= 4 is 11.7 Å². The first kappa shape index (κ1) is 20.9. The first-order valence-corrected chi connectivity index (χ1v) is 12.0. The Morgan fingerprint density at radius 2 is 1.97 bits per heavy atom. The number of esters is 1. The highest BCUT2D eigenvalue weighted by atomic mass is 16.6. The number of fused-ring (bicyclic) bond motifs is 2. The number of para-hydroxylation sites is 2. The van der Waals surface area contributed by atoms with Gasteiger partial charge in [0.25, 0.3) is 0 Å². The molecule has 0 spiro atoms. The number of hydrogen-bond acceptors (Lipinski definition) is 5. The summed E-state index contributed by atoms with van der Waals surface area (Å²) >= 11 is 0. The second-order valence-electron chi connectivity index (χ2n) is 10.3. The number of anilines is 1. The first-order chi connectivity index (χ1) is 15.0. The molecule has 0 radical (unpaired) electrons. The summed E-state index contributed by atoms with van der Waals surface area (Å²) in [6.45, 7) is 9.41. The van der Waals surface area contributed by atoms with Crippen LogP contribution in [-0.4, -0.2) is 56.8 Å². The van der Waals surface area contributed by atoms with E-state index in [1.807, 2.05) is 12.1 Å². The van der Waals surface area contributed by atoms with Crippen LogP contribution in [0.4, 0.5) is 5.69 Å². The zero-order valence-electron chi connectivity index (χ0n) is 19.2. The Balaban J connectivity index is 1.25. The second-order valence-corrected chi connectivity index (χ2v) is 10.3. The number of piperazine rings is 1. The van der Waals surface area contributed by atoms with E-state index in [-0.39, 0.29) is 23.4 Å². The summed E-state index contributed by atoms with van der Waals surface area (Å²) in [5, 5.41) is 0. The molecule has 2 aliphatic heterocycles. The second kappa shape index (κ2) is 8.16. The summed E-state index contributed by atoms with van der Waals surface area (Å²) in [5.74, 6) is 1.35. The molecule has 5 rings (SSSR count). The molecule has 2 saturated heterocycles. The molecule has 1 aromatic rings. The van der Waals surface area contributed by atoms with Crippen LogP contribution < -0.4 is 9.64 Å². The first-order valence-electron chi connectivity index (χ1n) is 12.0. The van der Waals surface area contributed by atoms with Gasteiger partial charge in [-0.15, -0.1) is 0 Å². The summed E-state index contributed by atoms with van der Waals surface area (Å²) in [6.07, 6.45) is 5.95. The van der Waals surface area contributed by atoms with Gasteiger partial charge in [-0.2, -0.15) is 0 Å². The lowest BCUT2D eigenvalue weighted by atomic mass is 9.59. The molecule has 0 unspecified atom stereocenters. The van der Waals surface area contributed by atoms with Crippen molar-refractivity contribution in [2.24, 2.45) is 17.3 Å². The van der Waals surface area contributed by atoms with E-state index in [1.54, 1.807) is 18.3 Å². The smallest absolute Gasteiger partial charge is 0.310 e. The standard InChI is InChI=1S/C26H36N2O3/c1-18-7-6-10-26(2)16-24-19(15-21(18)26)20(25(29)31-24)17-27-11-13-28(14-12-27)22-8-4-5-9-23(22)30-3/h4-5,8-9,19-20,24H,6-7,10-17H2,1-3H3/t19-,20-,24-,26-/m1/s1. The summed E-state index contributed by atoms with van der Waals surface area (Å²) in [5.41, 5.74) is 4.63. The number of nitrogens with zero attached hydrogens (tertiary/aromatic N) is 2. The maximum atomic E-state index is 12.9. The largest absolute Gasteiger partial charge is 0.495 e. The number of allylic oxidation sites excluding steroid dienone is 2. The molecule has 4 aliphatic rings. The van der Waals surface area contributed by atoms with E-state index in [2.05, 4.69) is 35.8 Å². The van der Waals surface area contributed by atoms with Crippen molar-refractivity contribution in [1.82, 2.24) is 4.90 Å². The minimum absolute atomic E-state index is 0.0228. The van der Waals surface area contributed by atoms with Crippen LogP contribution in [0.1, 0.15) is 46.0 Å². The average molecular weight is 425 g/mol. The lowest BCUT2D eigenvalue weighted by molar-refractivity contribution is -0.145. The minimum atomic E-state index is 0.0228. The maximum absolute atomic E-state index is 12.9. The van der Waals surface area contributed by atoms with E-state index in [0.29, 0.717) is 5.92 Å². The van der Waals surface area contributed by atoms with Gasteiger partial charge >= 0.3 is 5.97 Å². The third-order valence-electron chi connectivity index (χ3n) is 8.43. The van der Waals surface area contributed by atoms with Gasteiger partial charge in [0, 0.05) is 38.6 Å². The molecular formula is C26H36N2O3. The van der Waals surface area contributed by atoms with Crippen molar-refractivity contribution in [2.75, 3.05) is 44.7 Å². The molecule has 0 amide bonds. The molecule has 168 valence electrons. The average Bonchev–Trinajstić information content (AvgIpc) is 3.06. The van der Waals surface area contributed by atoms with E-state index in [1.165, 1.54) is 19.3 Å². The Bertz CT molecular complexity index is 873. The Labute approximate surface area is 186 Å². The fraction of sp³-hybridized carbons (Fsp3) is 0.654.